The molecule has 0 fully saturated rings. The molecule has 2 aromatic rings. The third-order valence-electron chi connectivity index (χ3n) is 2.10. The van der Waals surface area contributed by atoms with Crippen LogP contribution in [0.4, 0.5) is 0 Å². The van der Waals surface area contributed by atoms with Gasteiger partial charge in [-0.25, -0.2) is 9.50 Å². The second-order valence-electron chi connectivity index (χ2n) is 4.41. The Morgan fingerprint density at radius 3 is 2.73 bits per heavy atom. The summed E-state index contributed by atoms with van der Waals surface area (Å²) in [7, 11) is 0. The quantitative estimate of drug-likeness (QED) is 0.644. The van der Waals surface area contributed by atoms with Crippen molar-refractivity contribution in [1.29, 1.82) is 5.26 Å². The summed E-state index contributed by atoms with van der Waals surface area (Å²) in [5.41, 5.74) is 1.93. The first kappa shape index (κ1) is 9.59. The molecule has 0 unspecified atom stereocenters. The maximum Gasteiger partial charge on any atom is 0.179 e. The summed E-state index contributed by atoms with van der Waals surface area (Å²) >= 11 is 0. The lowest BCUT2D eigenvalue weighted by molar-refractivity contribution is 0.570. The van der Waals surface area contributed by atoms with Gasteiger partial charge in [0.25, 0.3) is 0 Å². The fourth-order valence-electron chi connectivity index (χ4n) is 1.33. The second kappa shape index (κ2) is 3.02. The largest absolute Gasteiger partial charge is 0.234 e. The molecule has 0 radical (unpaired) electrons. The summed E-state index contributed by atoms with van der Waals surface area (Å²) in [6, 6.07) is 2.02. The molecule has 0 aromatic carbocycles. The molecular formula is C10H11N5. The predicted octanol–water partition coefficient (Wildman–Crippen LogP) is 1.29. The van der Waals surface area contributed by atoms with Gasteiger partial charge in [0.1, 0.15) is 11.8 Å². The molecule has 0 saturated carbocycles. The molecule has 2 rings (SSSR count). The zero-order valence-electron chi connectivity index (χ0n) is 8.89. The molecule has 0 aliphatic heterocycles. The van der Waals surface area contributed by atoms with E-state index in [1.54, 1.807) is 10.7 Å². The van der Waals surface area contributed by atoms with Crippen LogP contribution in [0.1, 0.15) is 32.0 Å². The van der Waals surface area contributed by atoms with Gasteiger partial charge in [-0.1, -0.05) is 26.0 Å². The molecule has 0 spiro atoms. The third kappa shape index (κ3) is 1.54. The van der Waals surface area contributed by atoms with E-state index in [2.05, 4.69) is 36.1 Å². The number of rotatable bonds is 0. The Morgan fingerprint density at radius 2 is 2.13 bits per heavy atom. The van der Waals surface area contributed by atoms with Crippen molar-refractivity contribution in [3.63, 3.8) is 0 Å². The Bertz CT molecular complexity index is 541. The van der Waals surface area contributed by atoms with E-state index in [1.807, 2.05) is 6.07 Å². The van der Waals surface area contributed by atoms with Gasteiger partial charge in [-0.3, -0.25) is 0 Å². The lowest BCUT2D eigenvalue weighted by Crippen LogP contribution is -2.12. The molecule has 0 amide bonds. The predicted molar refractivity (Wildman–Crippen MR) is 54.2 cm³/mol. The SMILES string of the molecule is CC(C)(C)c1nnn2cc(C#N)cnc12. The monoisotopic (exact) mass is 201 g/mol. The van der Waals surface area contributed by atoms with Crippen molar-refractivity contribution < 1.29 is 0 Å². The minimum atomic E-state index is -0.0943. The molecular weight excluding hydrogens is 190 g/mol. The highest BCUT2D eigenvalue weighted by Gasteiger charge is 2.21. The first-order chi connectivity index (χ1) is 7.02. The fourth-order valence-corrected chi connectivity index (χ4v) is 1.33. The molecule has 5 nitrogen and oxygen atoms in total. The molecule has 0 saturated heterocycles. The average molecular weight is 201 g/mol. The van der Waals surface area contributed by atoms with Gasteiger partial charge in [0.15, 0.2) is 5.65 Å². The van der Waals surface area contributed by atoms with Crippen LogP contribution in [-0.4, -0.2) is 19.8 Å². The van der Waals surface area contributed by atoms with Gasteiger partial charge in [-0.05, 0) is 0 Å². The van der Waals surface area contributed by atoms with Gasteiger partial charge in [0.05, 0.1) is 11.8 Å². The van der Waals surface area contributed by atoms with Crippen LogP contribution in [0.2, 0.25) is 0 Å². The van der Waals surface area contributed by atoms with E-state index in [-0.39, 0.29) is 5.41 Å². The Morgan fingerprint density at radius 1 is 1.40 bits per heavy atom. The minimum Gasteiger partial charge on any atom is -0.234 e. The Kier molecular flexibility index (Phi) is 1.93. The minimum absolute atomic E-state index is 0.0943. The lowest BCUT2D eigenvalue weighted by Gasteiger charge is -2.13. The van der Waals surface area contributed by atoms with Crippen LogP contribution in [0.25, 0.3) is 5.65 Å². The van der Waals surface area contributed by atoms with Crippen molar-refractivity contribution in [3.05, 3.63) is 23.7 Å². The highest BCUT2D eigenvalue weighted by Crippen LogP contribution is 2.22. The van der Waals surface area contributed by atoms with Crippen LogP contribution in [0.15, 0.2) is 12.4 Å². The molecule has 76 valence electrons. The summed E-state index contributed by atoms with van der Waals surface area (Å²) in [5.74, 6) is 0. The highest BCUT2D eigenvalue weighted by atomic mass is 15.4. The van der Waals surface area contributed by atoms with Crippen molar-refractivity contribution >= 4 is 5.65 Å². The van der Waals surface area contributed by atoms with Crippen LogP contribution in [-0.2, 0) is 5.41 Å². The Labute approximate surface area is 87.4 Å². The number of hydrogen-bond donors (Lipinski definition) is 0. The van der Waals surface area contributed by atoms with E-state index in [4.69, 9.17) is 5.26 Å². The molecule has 2 aromatic heterocycles. The third-order valence-corrected chi connectivity index (χ3v) is 2.10. The van der Waals surface area contributed by atoms with Crippen molar-refractivity contribution in [2.75, 3.05) is 0 Å². The van der Waals surface area contributed by atoms with Crippen LogP contribution >= 0.6 is 0 Å². The van der Waals surface area contributed by atoms with E-state index in [1.165, 1.54) is 6.20 Å². The Balaban J connectivity index is 2.69. The second-order valence-corrected chi connectivity index (χ2v) is 4.41. The zero-order chi connectivity index (χ0) is 11.1. The number of aromatic nitrogens is 4. The molecule has 0 aliphatic rings. The van der Waals surface area contributed by atoms with Gasteiger partial charge in [0, 0.05) is 11.6 Å². The van der Waals surface area contributed by atoms with Gasteiger partial charge in [0.2, 0.25) is 0 Å². The van der Waals surface area contributed by atoms with Crippen LogP contribution in [0.5, 0.6) is 0 Å². The first-order valence-corrected chi connectivity index (χ1v) is 4.64. The van der Waals surface area contributed by atoms with Crippen molar-refractivity contribution in [2.45, 2.75) is 26.2 Å². The summed E-state index contributed by atoms with van der Waals surface area (Å²) < 4.78 is 1.54. The van der Waals surface area contributed by atoms with Crippen LogP contribution in [0, 0.1) is 11.3 Å². The van der Waals surface area contributed by atoms with Gasteiger partial charge < -0.3 is 0 Å². The van der Waals surface area contributed by atoms with Gasteiger partial charge in [-0.15, -0.1) is 5.10 Å². The normalized spacial score (nSPS) is 11.6. The van der Waals surface area contributed by atoms with E-state index in [0.717, 1.165) is 5.69 Å². The van der Waals surface area contributed by atoms with Gasteiger partial charge in [-0.2, -0.15) is 5.26 Å². The number of hydrogen-bond acceptors (Lipinski definition) is 4. The lowest BCUT2D eigenvalue weighted by atomic mass is 9.92. The molecule has 0 atom stereocenters. The number of nitrogens with zero attached hydrogens (tertiary/aromatic N) is 5. The highest BCUT2D eigenvalue weighted by molar-refractivity contribution is 5.47. The van der Waals surface area contributed by atoms with E-state index in [9.17, 15) is 0 Å². The van der Waals surface area contributed by atoms with E-state index < -0.39 is 0 Å². The molecule has 0 aliphatic carbocycles. The van der Waals surface area contributed by atoms with Crippen LogP contribution in [0.3, 0.4) is 0 Å². The molecule has 0 N–H and O–H groups in total. The Hall–Kier alpha value is -1.96. The molecule has 15 heavy (non-hydrogen) atoms. The smallest absolute Gasteiger partial charge is 0.179 e. The first-order valence-electron chi connectivity index (χ1n) is 4.64. The standard InChI is InChI=1S/C10H11N5/c1-10(2,3)8-9-12-5-7(4-11)6-15(9)14-13-8/h5-6H,1-3H3. The summed E-state index contributed by atoms with van der Waals surface area (Å²) in [4.78, 5) is 4.19. The zero-order valence-corrected chi connectivity index (χ0v) is 8.89. The number of fused-ring (bicyclic) bond motifs is 1. The molecule has 5 heteroatoms. The fraction of sp³-hybridized carbons (Fsp3) is 0.400. The summed E-state index contributed by atoms with van der Waals surface area (Å²) in [6.45, 7) is 6.16. The van der Waals surface area contributed by atoms with Crippen molar-refractivity contribution in [3.8, 4) is 6.07 Å². The van der Waals surface area contributed by atoms with E-state index in [0.29, 0.717) is 11.2 Å². The summed E-state index contributed by atoms with van der Waals surface area (Å²) in [5, 5.41) is 16.7. The average Bonchev–Trinajstić information content (AvgIpc) is 2.59. The van der Waals surface area contributed by atoms with Crippen LogP contribution < -0.4 is 0 Å². The maximum atomic E-state index is 8.71. The number of nitriles is 1. The van der Waals surface area contributed by atoms with Crippen molar-refractivity contribution in [2.24, 2.45) is 0 Å². The topological polar surface area (TPSA) is 66.9 Å². The van der Waals surface area contributed by atoms with Crippen molar-refractivity contribution in [1.82, 2.24) is 19.8 Å². The van der Waals surface area contributed by atoms with Gasteiger partial charge >= 0.3 is 0 Å². The van der Waals surface area contributed by atoms with E-state index >= 15 is 0 Å². The summed E-state index contributed by atoms with van der Waals surface area (Å²) in [6.07, 6.45) is 3.17. The maximum absolute atomic E-state index is 8.71. The molecule has 2 heterocycles. The molecule has 0 bridgehead atoms.